The molecule has 0 aromatic carbocycles. The topological polar surface area (TPSA) is 88.5 Å². The van der Waals surface area contributed by atoms with Gasteiger partial charge < -0.3 is 5.32 Å². The molecule has 7 nitrogen and oxygen atoms in total. The number of aromatic amines is 1. The number of carbonyl (C=O) groups is 1. The third-order valence-corrected chi connectivity index (χ3v) is 3.26. The summed E-state index contributed by atoms with van der Waals surface area (Å²) in [5, 5.41) is 14.0. The SMILES string of the molecule is CCn1nc(C(C)C)cc1C(=O)NCCCc1ncn[nH]1. The van der Waals surface area contributed by atoms with Crippen molar-refractivity contribution >= 4 is 5.91 Å². The summed E-state index contributed by atoms with van der Waals surface area (Å²) < 4.78 is 1.75. The predicted octanol–water partition coefficient (Wildman–Crippen LogP) is 1.51. The largest absolute Gasteiger partial charge is 0.351 e. The van der Waals surface area contributed by atoms with E-state index in [1.54, 1.807) is 4.68 Å². The van der Waals surface area contributed by atoms with Crippen LogP contribution in [0.2, 0.25) is 0 Å². The summed E-state index contributed by atoms with van der Waals surface area (Å²) in [5.74, 6) is 1.08. The van der Waals surface area contributed by atoms with Gasteiger partial charge >= 0.3 is 0 Å². The first-order valence-electron chi connectivity index (χ1n) is 7.32. The van der Waals surface area contributed by atoms with Gasteiger partial charge in [0.1, 0.15) is 17.8 Å². The van der Waals surface area contributed by atoms with Crippen molar-refractivity contribution in [1.29, 1.82) is 0 Å². The van der Waals surface area contributed by atoms with Crippen LogP contribution in [0.15, 0.2) is 12.4 Å². The van der Waals surface area contributed by atoms with E-state index in [9.17, 15) is 4.79 Å². The third-order valence-electron chi connectivity index (χ3n) is 3.26. The van der Waals surface area contributed by atoms with E-state index in [2.05, 4.69) is 39.4 Å². The van der Waals surface area contributed by atoms with Crippen LogP contribution in [-0.4, -0.2) is 37.4 Å². The van der Waals surface area contributed by atoms with Crippen molar-refractivity contribution in [2.24, 2.45) is 0 Å². The molecule has 0 radical (unpaired) electrons. The van der Waals surface area contributed by atoms with Crippen LogP contribution in [0.25, 0.3) is 0 Å². The minimum atomic E-state index is -0.0752. The lowest BCUT2D eigenvalue weighted by Gasteiger charge is -2.05. The molecule has 21 heavy (non-hydrogen) atoms. The molecular weight excluding hydrogens is 268 g/mol. The van der Waals surface area contributed by atoms with Crippen LogP contribution in [0.5, 0.6) is 0 Å². The van der Waals surface area contributed by atoms with E-state index in [0.717, 1.165) is 24.4 Å². The average Bonchev–Trinajstić information content (AvgIpc) is 3.12. The number of rotatable bonds is 7. The van der Waals surface area contributed by atoms with Crippen LogP contribution in [0.3, 0.4) is 0 Å². The molecule has 0 aliphatic heterocycles. The lowest BCUT2D eigenvalue weighted by atomic mass is 10.1. The molecule has 0 aliphatic rings. The molecule has 0 fully saturated rings. The molecule has 2 aromatic heterocycles. The molecule has 0 atom stereocenters. The van der Waals surface area contributed by atoms with Gasteiger partial charge in [-0.2, -0.15) is 10.2 Å². The number of hydrogen-bond donors (Lipinski definition) is 2. The monoisotopic (exact) mass is 290 g/mol. The fraction of sp³-hybridized carbons (Fsp3) is 0.571. The van der Waals surface area contributed by atoms with E-state index >= 15 is 0 Å². The van der Waals surface area contributed by atoms with Gasteiger partial charge in [0.15, 0.2) is 0 Å². The lowest BCUT2D eigenvalue weighted by molar-refractivity contribution is 0.0942. The number of aromatic nitrogens is 5. The molecular formula is C14H22N6O. The number of amides is 1. The summed E-state index contributed by atoms with van der Waals surface area (Å²) in [6.07, 6.45) is 3.07. The fourth-order valence-electron chi connectivity index (χ4n) is 2.04. The molecule has 0 spiro atoms. The first-order valence-corrected chi connectivity index (χ1v) is 7.32. The van der Waals surface area contributed by atoms with E-state index in [4.69, 9.17) is 0 Å². The summed E-state index contributed by atoms with van der Waals surface area (Å²) in [5.41, 5.74) is 1.57. The standard InChI is InChI=1S/C14H22N6O/c1-4-20-12(8-11(19-20)10(2)3)14(21)15-7-5-6-13-16-9-17-18-13/h8-10H,4-7H2,1-3H3,(H,15,21)(H,16,17,18). The highest BCUT2D eigenvalue weighted by Crippen LogP contribution is 2.14. The highest BCUT2D eigenvalue weighted by Gasteiger charge is 2.15. The predicted molar refractivity (Wildman–Crippen MR) is 79.0 cm³/mol. The van der Waals surface area contributed by atoms with Crippen molar-refractivity contribution in [3.63, 3.8) is 0 Å². The van der Waals surface area contributed by atoms with Gasteiger partial charge in [-0.05, 0) is 25.3 Å². The molecule has 2 heterocycles. The Morgan fingerprint density at radius 1 is 1.48 bits per heavy atom. The van der Waals surface area contributed by atoms with E-state index in [-0.39, 0.29) is 5.91 Å². The Bertz CT molecular complexity index is 572. The van der Waals surface area contributed by atoms with Crippen LogP contribution >= 0.6 is 0 Å². The van der Waals surface area contributed by atoms with Gasteiger partial charge in [-0.25, -0.2) is 4.98 Å². The number of aryl methyl sites for hydroxylation is 2. The molecule has 0 unspecified atom stereocenters. The van der Waals surface area contributed by atoms with Gasteiger partial charge in [0, 0.05) is 19.5 Å². The summed E-state index contributed by atoms with van der Waals surface area (Å²) in [6.45, 7) is 7.42. The Hall–Kier alpha value is -2.18. The molecule has 2 N–H and O–H groups in total. The first kappa shape index (κ1) is 15.2. The molecule has 1 amide bonds. The Morgan fingerprint density at radius 3 is 2.90 bits per heavy atom. The minimum Gasteiger partial charge on any atom is -0.351 e. The van der Waals surface area contributed by atoms with Gasteiger partial charge in [-0.1, -0.05) is 13.8 Å². The molecule has 0 saturated carbocycles. The Kier molecular flexibility index (Phi) is 5.08. The zero-order chi connectivity index (χ0) is 15.2. The second-order valence-corrected chi connectivity index (χ2v) is 5.22. The Balaban J connectivity index is 1.87. The molecule has 0 saturated heterocycles. The summed E-state index contributed by atoms with van der Waals surface area (Å²) in [6, 6.07) is 1.87. The smallest absolute Gasteiger partial charge is 0.269 e. The number of H-pyrrole nitrogens is 1. The number of hydrogen-bond acceptors (Lipinski definition) is 4. The maximum Gasteiger partial charge on any atom is 0.269 e. The van der Waals surface area contributed by atoms with Crippen molar-refractivity contribution < 1.29 is 4.79 Å². The van der Waals surface area contributed by atoms with Crippen LogP contribution in [-0.2, 0) is 13.0 Å². The molecule has 114 valence electrons. The first-order chi connectivity index (χ1) is 10.1. The highest BCUT2D eigenvalue weighted by atomic mass is 16.2. The normalized spacial score (nSPS) is 11.0. The van der Waals surface area contributed by atoms with Crippen molar-refractivity contribution in [2.75, 3.05) is 6.54 Å². The molecule has 2 aromatic rings. The van der Waals surface area contributed by atoms with E-state index < -0.39 is 0 Å². The van der Waals surface area contributed by atoms with Crippen molar-refractivity contribution in [3.8, 4) is 0 Å². The summed E-state index contributed by atoms with van der Waals surface area (Å²) in [7, 11) is 0. The number of carbonyl (C=O) groups excluding carboxylic acids is 1. The van der Waals surface area contributed by atoms with Crippen LogP contribution in [0, 0.1) is 0 Å². The minimum absolute atomic E-state index is 0.0752. The molecule has 0 aliphatic carbocycles. The van der Waals surface area contributed by atoms with Crippen LogP contribution in [0.1, 0.15) is 55.1 Å². The van der Waals surface area contributed by atoms with Crippen LogP contribution < -0.4 is 5.32 Å². The van der Waals surface area contributed by atoms with Crippen molar-refractivity contribution in [1.82, 2.24) is 30.3 Å². The summed E-state index contributed by atoms with van der Waals surface area (Å²) in [4.78, 5) is 16.3. The lowest BCUT2D eigenvalue weighted by Crippen LogP contribution is -2.27. The molecule has 0 bridgehead atoms. The van der Waals surface area contributed by atoms with Gasteiger partial charge in [0.2, 0.25) is 0 Å². The number of nitrogens with one attached hydrogen (secondary N) is 2. The van der Waals surface area contributed by atoms with E-state index in [1.807, 2.05) is 13.0 Å². The van der Waals surface area contributed by atoms with Gasteiger partial charge in [-0.3, -0.25) is 14.6 Å². The maximum absolute atomic E-state index is 12.2. The van der Waals surface area contributed by atoms with E-state index in [0.29, 0.717) is 24.7 Å². The quantitative estimate of drug-likeness (QED) is 0.756. The zero-order valence-corrected chi connectivity index (χ0v) is 12.8. The van der Waals surface area contributed by atoms with Crippen molar-refractivity contribution in [2.45, 2.75) is 46.1 Å². The molecule has 7 heteroatoms. The van der Waals surface area contributed by atoms with Gasteiger partial charge in [0.25, 0.3) is 5.91 Å². The third kappa shape index (κ3) is 3.90. The van der Waals surface area contributed by atoms with Crippen LogP contribution in [0.4, 0.5) is 0 Å². The van der Waals surface area contributed by atoms with Crippen molar-refractivity contribution in [3.05, 3.63) is 29.6 Å². The second-order valence-electron chi connectivity index (χ2n) is 5.22. The zero-order valence-electron chi connectivity index (χ0n) is 12.8. The maximum atomic E-state index is 12.2. The molecule has 2 rings (SSSR count). The average molecular weight is 290 g/mol. The van der Waals surface area contributed by atoms with E-state index in [1.165, 1.54) is 6.33 Å². The highest BCUT2D eigenvalue weighted by molar-refractivity contribution is 5.92. The Labute approximate surface area is 124 Å². The van der Waals surface area contributed by atoms with Gasteiger partial charge in [-0.15, -0.1) is 0 Å². The Morgan fingerprint density at radius 2 is 2.29 bits per heavy atom. The second kappa shape index (κ2) is 7.01. The number of nitrogens with zero attached hydrogens (tertiary/aromatic N) is 4. The van der Waals surface area contributed by atoms with Gasteiger partial charge in [0.05, 0.1) is 5.69 Å². The summed E-state index contributed by atoms with van der Waals surface area (Å²) >= 11 is 0. The fourth-order valence-corrected chi connectivity index (χ4v) is 2.04.